The van der Waals surface area contributed by atoms with E-state index in [0.717, 1.165) is 29.4 Å². The summed E-state index contributed by atoms with van der Waals surface area (Å²) in [6.07, 6.45) is -0.175. The van der Waals surface area contributed by atoms with Crippen LogP contribution in [0.15, 0.2) is 47.4 Å². The SMILES string of the molecule is Cc1ccc(S(=O)(=O)Oc2nc(OC[C@@]34CCCN3C[C@H](F)C4)nc3c(F)c(-c4ccc(F)c5sc(NC(=O)OC(C)(C)C)c(C#N)c45)c(C)cc23)cc1. The molecule has 16 heteroatoms. The van der Waals surface area contributed by atoms with Crippen molar-refractivity contribution in [3.05, 3.63) is 70.8 Å². The summed E-state index contributed by atoms with van der Waals surface area (Å²) in [4.78, 5) is 23.2. The molecule has 2 aliphatic rings. The zero-order valence-electron chi connectivity index (χ0n) is 30.1. The fourth-order valence-corrected chi connectivity index (χ4v) is 9.21. The molecule has 282 valence electrons. The molecule has 2 aliphatic heterocycles. The van der Waals surface area contributed by atoms with Crippen LogP contribution in [-0.4, -0.2) is 66.4 Å². The van der Waals surface area contributed by atoms with Crippen LogP contribution >= 0.6 is 11.3 Å². The Kier molecular flexibility index (Phi) is 9.48. The summed E-state index contributed by atoms with van der Waals surface area (Å²) < 4.78 is 91.0. The average Bonchev–Trinajstić information content (AvgIpc) is 3.74. The first-order valence-corrected chi connectivity index (χ1v) is 19.4. The van der Waals surface area contributed by atoms with Crippen molar-refractivity contribution < 1.29 is 40.0 Å². The molecule has 2 fully saturated rings. The van der Waals surface area contributed by atoms with Crippen LogP contribution < -0.4 is 14.2 Å². The molecule has 0 unspecified atom stereocenters. The van der Waals surface area contributed by atoms with Gasteiger partial charge in [0.2, 0.25) is 5.88 Å². The minimum absolute atomic E-state index is 0.00437. The Morgan fingerprint density at radius 3 is 2.59 bits per heavy atom. The highest BCUT2D eigenvalue weighted by atomic mass is 32.2. The first-order valence-electron chi connectivity index (χ1n) is 17.2. The third-order valence-corrected chi connectivity index (χ3v) is 11.9. The number of halogens is 3. The summed E-state index contributed by atoms with van der Waals surface area (Å²) in [5.74, 6) is -2.16. The highest BCUT2D eigenvalue weighted by Gasteiger charge is 2.49. The standard InChI is InChI=1S/C38H36F3N5O6S2/c1-20-7-9-23(10-8-20)54(48,49)52-33-25-15-21(2)28(30(41)31(25)43-35(44-33)50-19-38-13-6-14-46(38)18-22(39)16-38)24-11-12-27(40)32-29(24)26(17-42)34(53-32)45-36(47)51-37(3,4)5/h7-12,15,22H,6,13-14,16,18-19H2,1-5H3,(H,45,47)/t22-,38+/m1/s1. The molecule has 2 atom stereocenters. The number of thiophene rings is 1. The number of aromatic nitrogens is 2. The molecular weight excluding hydrogens is 744 g/mol. The summed E-state index contributed by atoms with van der Waals surface area (Å²) in [6, 6.07) is 11.4. The lowest BCUT2D eigenvalue weighted by molar-refractivity contribution is 0.0636. The minimum atomic E-state index is -4.49. The highest BCUT2D eigenvalue weighted by Crippen LogP contribution is 2.46. The van der Waals surface area contributed by atoms with Gasteiger partial charge in [0, 0.05) is 23.9 Å². The molecule has 0 radical (unpaired) electrons. The average molecular weight is 780 g/mol. The molecule has 2 aromatic heterocycles. The second-order valence-corrected chi connectivity index (χ2v) is 17.2. The lowest BCUT2D eigenvalue weighted by Crippen LogP contribution is -2.43. The normalized spacial score (nSPS) is 18.8. The number of ether oxygens (including phenoxy) is 2. The molecule has 0 aliphatic carbocycles. The molecule has 0 bridgehead atoms. The number of hydrogen-bond donors (Lipinski definition) is 1. The Labute approximate surface area is 313 Å². The van der Waals surface area contributed by atoms with Crippen LogP contribution in [-0.2, 0) is 14.9 Å². The van der Waals surface area contributed by atoms with Crippen molar-refractivity contribution >= 4 is 53.5 Å². The largest absolute Gasteiger partial charge is 0.461 e. The first-order chi connectivity index (χ1) is 25.5. The van der Waals surface area contributed by atoms with Gasteiger partial charge >= 0.3 is 22.2 Å². The molecule has 0 spiro atoms. The van der Waals surface area contributed by atoms with E-state index in [2.05, 4.69) is 15.3 Å². The molecule has 7 rings (SSSR count). The van der Waals surface area contributed by atoms with Gasteiger partial charge in [-0.2, -0.15) is 23.6 Å². The van der Waals surface area contributed by atoms with Gasteiger partial charge in [-0.3, -0.25) is 10.2 Å². The van der Waals surface area contributed by atoms with Crippen LogP contribution in [0.4, 0.5) is 23.0 Å². The number of alkyl halides is 1. The lowest BCUT2D eigenvalue weighted by atomic mass is 9.93. The number of hydrogen-bond acceptors (Lipinski definition) is 11. The number of nitrogens with zero attached hydrogens (tertiary/aromatic N) is 4. The number of nitrogens with one attached hydrogen (secondary N) is 1. The highest BCUT2D eigenvalue weighted by molar-refractivity contribution is 7.87. The number of anilines is 1. The maximum Gasteiger partial charge on any atom is 0.412 e. The van der Waals surface area contributed by atoms with Crippen molar-refractivity contribution in [2.45, 2.75) is 76.1 Å². The van der Waals surface area contributed by atoms with Gasteiger partial charge in [-0.05, 0) is 89.4 Å². The first kappa shape index (κ1) is 37.3. The van der Waals surface area contributed by atoms with Gasteiger partial charge in [-0.1, -0.05) is 23.8 Å². The Balaban J connectivity index is 1.38. The van der Waals surface area contributed by atoms with E-state index in [0.29, 0.717) is 13.0 Å². The minimum Gasteiger partial charge on any atom is -0.461 e. The van der Waals surface area contributed by atoms with Gasteiger partial charge in [0.05, 0.1) is 21.2 Å². The Morgan fingerprint density at radius 2 is 1.89 bits per heavy atom. The summed E-state index contributed by atoms with van der Waals surface area (Å²) in [5, 5.41) is 12.7. The van der Waals surface area contributed by atoms with Crippen LogP contribution in [0.2, 0.25) is 0 Å². The van der Waals surface area contributed by atoms with E-state index in [1.165, 1.54) is 24.3 Å². The second kappa shape index (κ2) is 13.7. The number of aryl methyl sites for hydroxylation is 2. The number of carbonyl (C=O) groups excluding carboxylic acids is 1. The van der Waals surface area contributed by atoms with E-state index in [4.69, 9.17) is 13.7 Å². The van der Waals surface area contributed by atoms with Crippen molar-refractivity contribution in [1.82, 2.24) is 14.9 Å². The van der Waals surface area contributed by atoms with E-state index in [9.17, 15) is 22.9 Å². The van der Waals surface area contributed by atoms with Gasteiger partial charge in [0.1, 0.15) is 45.7 Å². The van der Waals surface area contributed by atoms with Crippen LogP contribution in [0.5, 0.6) is 11.9 Å². The molecule has 5 aromatic rings. The van der Waals surface area contributed by atoms with Gasteiger partial charge in [-0.25, -0.2) is 18.0 Å². The van der Waals surface area contributed by atoms with E-state index in [-0.39, 0.29) is 72.7 Å². The molecule has 11 nitrogen and oxygen atoms in total. The van der Waals surface area contributed by atoms with E-state index in [1.807, 2.05) is 11.0 Å². The summed E-state index contributed by atoms with van der Waals surface area (Å²) in [6.45, 7) is 9.26. The second-order valence-electron chi connectivity index (χ2n) is 14.6. The molecule has 2 saturated heterocycles. The Morgan fingerprint density at radius 1 is 1.15 bits per heavy atom. The molecular formula is C38H36F3N5O6S2. The zero-order chi connectivity index (χ0) is 38.7. The maximum absolute atomic E-state index is 17.2. The molecule has 4 heterocycles. The monoisotopic (exact) mass is 779 g/mol. The molecule has 1 amide bonds. The molecule has 1 N–H and O–H groups in total. The number of carbonyl (C=O) groups is 1. The van der Waals surface area contributed by atoms with Crippen LogP contribution in [0.3, 0.4) is 0 Å². The fourth-order valence-electron chi connectivity index (χ4n) is 7.24. The predicted octanol–water partition coefficient (Wildman–Crippen LogP) is 8.35. The number of amides is 1. The molecule has 0 saturated carbocycles. The van der Waals surface area contributed by atoms with Gasteiger partial charge in [0.25, 0.3) is 0 Å². The number of benzene rings is 3. The third-order valence-electron chi connectivity index (χ3n) is 9.59. The van der Waals surface area contributed by atoms with Gasteiger partial charge < -0.3 is 13.7 Å². The smallest absolute Gasteiger partial charge is 0.412 e. The zero-order valence-corrected chi connectivity index (χ0v) is 31.7. The number of fused-ring (bicyclic) bond motifs is 3. The van der Waals surface area contributed by atoms with E-state index < -0.39 is 57.0 Å². The maximum atomic E-state index is 17.2. The van der Waals surface area contributed by atoms with Crippen molar-refractivity contribution in [1.29, 1.82) is 5.26 Å². The van der Waals surface area contributed by atoms with Crippen LogP contribution in [0.1, 0.15) is 56.7 Å². The van der Waals surface area contributed by atoms with Crippen molar-refractivity contribution in [3.63, 3.8) is 0 Å². The van der Waals surface area contributed by atoms with E-state index in [1.54, 1.807) is 46.8 Å². The van der Waals surface area contributed by atoms with Gasteiger partial charge in [0.15, 0.2) is 5.82 Å². The van der Waals surface area contributed by atoms with Crippen LogP contribution in [0.25, 0.3) is 32.1 Å². The van der Waals surface area contributed by atoms with Crippen molar-refractivity contribution in [2.24, 2.45) is 0 Å². The van der Waals surface area contributed by atoms with Crippen molar-refractivity contribution in [3.8, 4) is 29.1 Å². The molecule has 3 aromatic carbocycles. The lowest BCUT2D eigenvalue weighted by Gasteiger charge is -2.30. The van der Waals surface area contributed by atoms with Crippen LogP contribution in [0, 0.1) is 36.8 Å². The quantitative estimate of drug-likeness (QED) is 0.153. The third kappa shape index (κ3) is 6.91. The van der Waals surface area contributed by atoms with E-state index >= 15 is 8.78 Å². The topological polar surface area (TPSA) is 144 Å². The molecule has 54 heavy (non-hydrogen) atoms. The van der Waals surface area contributed by atoms with Crippen molar-refractivity contribution in [2.75, 3.05) is 25.0 Å². The summed E-state index contributed by atoms with van der Waals surface area (Å²) >= 11 is 0.794. The number of nitriles is 1. The Bertz CT molecular complexity index is 2480. The predicted molar refractivity (Wildman–Crippen MR) is 197 cm³/mol. The fraction of sp³-hybridized carbons (Fsp3) is 0.368. The summed E-state index contributed by atoms with van der Waals surface area (Å²) in [5.41, 5.74) is -0.853. The van der Waals surface area contributed by atoms with Gasteiger partial charge in [-0.15, -0.1) is 11.3 Å². The summed E-state index contributed by atoms with van der Waals surface area (Å²) in [7, 11) is -4.49. The Hall–Kier alpha value is -4.98. The number of rotatable bonds is 8.